The van der Waals surface area contributed by atoms with Crippen molar-refractivity contribution in [1.29, 1.82) is 0 Å². The van der Waals surface area contributed by atoms with Crippen molar-refractivity contribution in [3.63, 3.8) is 0 Å². The van der Waals surface area contributed by atoms with Gasteiger partial charge < -0.3 is 10.2 Å². The molecule has 32 heavy (non-hydrogen) atoms. The molecule has 8 nitrogen and oxygen atoms in total. The van der Waals surface area contributed by atoms with Crippen LogP contribution < -0.4 is 10.2 Å². The van der Waals surface area contributed by atoms with Crippen LogP contribution in [0.5, 0.6) is 0 Å². The van der Waals surface area contributed by atoms with Crippen LogP contribution in [0.3, 0.4) is 0 Å². The number of aromatic amines is 1. The van der Waals surface area contributed by atoms with Gasteiger partial charge >= 0.3 is 0 Å². The summed E-state index contributed by atoms with van der Waals surface area (Å²) in [5, 5.41) is 14.9. The van der Waals surface area contributed by atoms with E-state index in [9.17, 15) is 4.79 Å². The molecule has 0 saturated carbocycles. The van der Waals surface area contributed by atoms with E-state index in [2.05, 4.69) is 44.6 Å². The van der Waals surface area contributed by atoms with Gasteiger partial charge in [-0.15, -0.1) is 0 Å². The highest BCUT2D eigenvalue weighted by atomic mass is 16.1. The summed E-state index contributed by atoms with van der Waals surface area (Å²) in [6.45, 7) is 6.85. The smallest absolute Gasteiger partial charge is 0.255 e. The molecule has 1 aliphatic carbocycles. The molecule has 2 aliphatic rings. The number of anilines is 1. The number of aromatic nitrogens is 5. The maximum Gasteiger partial charge on any atom is 0.255 e. The minimum atomic E-state index is -0.110. The molecule has 8 heteroatoms. The lowest BCUT2D eigenvalue weighted by molar-refractivity contribution is 0.0936. The number of nitrogens with one attached hydrogen (secondary N) is 2. The minimum Gasteiger partial charge on any atom is -0.357 e. The van der Waals surface area contributed by atoms with Crippen molar-refractivity contribution < 1.29 is 4.79 Å². The molecule has 0 spiro atoms. The Labute approximate surface area is 188 Å². The van der Waals surface area contributed by atoms with E-state index >= 15 is 0 Å². The lowest BCUT2D eigenvalue weighted by atomic mass is 10.2. The summed E-state index contributed by atoms with van der Waals surface area (Å²) in [5.74, 6) is 0.958. The molecule has 1 unspecified atom stereocenters. The van der Waals surface area contributed by atoms with Gasteiger partial charge in [0.1, 0.15) is 5.82 Å². The van der Waals surface area contributed by atoms with Gasteiger partial charge in [0.15, 0.2) is 0 Å². The highest BCUT2D eigenvalue weighted by Gasteiger charge is 2.28. The maximum absolute atomic E-state index is 12.8. The van der Waals surface area contributed by atoms with E-state index < -0.39 is 0 Å². The first-order valence-electron chi connectivity index (χ1n) is 11.7. The molecular weight excluding hydrogens is 402 g/mol. The Morgan fingerprint density at radius 3 is 2.78 bits per heavy atom. The summed E-state index contributed by atoms with van der Waals surface area (Å²) in [7, 11) is 0. The molecule has 1 fully saturated rings. The zero-order valence-corrected chi connectivity index (χ0v) is 18.9. The number of carbonyl (C=O) groups excluding carboxylic acids is 1. The lowest BCUT2D eigenvalue weighted by Gasteiger charge is -2.22. The normalized spacial score (nSPS) is 18.4. The Morgan fingerprint density at radius 1 is 1.19 bits per heavy atom. The molecule has 3 aromatic rings. The van der Waals surface area contributed by atoms with Crippen LogP contribution in [0.4, 0.5) is 5.82 Å². The highest BCUT2D eigenvalue weighted by molar-refractivity contribution is 5.94. The summed E-state index contributed by atoms with van der Waals surface area (Å²) < 4.78 is 1.81. The topological polar surface area (TPSA) is 91.7 Å². The fraction of sp³-hybridized carbons (Fsp3) is 0.500. The second-order valence-corrected chi connectivity index (χ2v) is 9.02. The quantitative estimate of drug-likeness (QED) is 0.643. The van der Waals surface area contributed by atoms with Crippen LogP contribution in [-0.4, -0.2) is 44.0 Å². The second-order valence-electron chi connectivity index (χ2n) is 9.02. The molecular formula is C24H31N7O. The number of aryl methyl sites for hydroxylation is 2. The van der Waals surface area contributed by atoms with Gasteiger partial charge in [0.2, 0.25) is 0 Å². The van der Waals surface area contributed by atoms with E-state index in [0.717, 1.165) is 54.4 Å². The zero-order chi connectivity index (χ0) is 22.1. The van der Waals surface area contributed by atoms with E-state index in [4.69, 9.17) is 4.98 Å². The SMILES string of the molecule is Cc1nc(N2CCCCCC2)ccc1Cn1cc(C(=O)NC2CCc3c2n[nH]c3C)cn1. The standard InChI is InChI=1S/C24H31N7O/c1-16-18(7-10-22(26-16)30-11-5-3-4-6-12-30)14-31-15-19(13-25-31)24(32)27-21-9-8-20-17(2)28-29-23(20)21/h7,10,13,15,21H,3-6,8-9,11-12,14H2,1-2H3,(H,27,32)(H,28,29). The third kappa shape index (κ3) is 4.13. The number of nitrogens with zero attached hydrogens (tertiary/aromatic N) is 5. The average Bonchev–Trinajstić information content (AvgIpc) is 3.44. The fourth-order valence-corrected chi connectivity index (χ4v) is 4.84. The van der Waals surface area contributed by atoms with E-state index in [1.807, 2.05) is 17.8 Å². The predicted octanol–water partition coefficient (Wildman–Crippen LogP) is 3.46. The molecule has 2 N–H and O–H groups in total. The zero-order valence-electron chi connectivity index (χ0n) is 18.9. The molecule has 1 amide bonds. The number of carbonyl (C=O) groups is 1. The summed E-state index contributed by atoms with van der Waals surface area (Å²) in [6.07, 6.45) is 10.4. The van der Waals surface area contributed by atoms with Crippen LogP contribution in [0, 0.1) is 13.8 Å². The predicted molar refractivity (Wildman–Crippen MR) is 123 cm³/mol. The van der Waals surface area contributed by atoms with Gasteiger partial charge in [0, 0.05) is 30.7 Å². The first-order valence-corrected chi connectivity index (χ1v) is 11.7. The minimum absolute atomic E-state index is 0.0382. The number of amides is 1. The van der Waals surface area contributed by atoms with Crippen LogP contribution in [0.2, 0.25) is 0 Å². The second kappa shape index (κ2) is 8.76. The number of hydrogen-bond donors (Lipinski definition) is 2. The van der Waals surface area contributed by atoms with Crippen molar-refractivity contribution in [1.82, 2.24) is 30.3 Å². The molecule has 168 valence electrons. The third-order valence-corrected chi connectivity index (χ3v) is 6.76. The van der Waals surface area contributed by atoms with Crippen LogP contribution in [0.15, 0.2) is 24.5 Å². The number of pyridine rings is 1. The molecule has 1 saturated heterocycles. The summed E-state index contributed by atoms with van der Waals surface area (Å²) in [5.41, 5.74) is 5.99. The van der Waals surface area contributed by atoms with Crippen molar-refractivity contribution >= 4 is 11.7 Å². The van der Waals surface area contributed by atoms with Crippen molar-refractivity contribution in [2.24, 2.45) is 0 Å². The van der Waals surface area contributed by atoms with Gasteiger partial charge in [-0.05, 0) is 56.7 Å². The van der Waals surface area contributed by atoms with Crippen LogP contribution in [-0.2, 0) is 13.0 Å². The molecule has 0 bridgehead atoms. The average molecular weight is 434 g/mol. The van der Waals surface area contributed by atoms with Gasteiger partial charge in [-0.1, -0.05) is 18.9 Å². The number of hydrogen-bond acceptors (Lipinski definition) is 5. The molecule has 3 aromatic heterocycles. The van der Waals surface area contributed by atoms with Gasteiger partial charge in [0.05, 0.1) is 30.0 Å². The molecule has 4 heterocycles. The van der Waals surface area contributed by atoms with E-state index in [-0.39, 0.29) is 11.9 Å². The van der Waals surface area contributed by atoms with Crippen LogP contribution in [0.25, 0.3) is 0 Å². The monoisotopic (exact) mass is 433 g/mol. The first-order chi connectivity index (χ1) is 15.6. The number of rotatable bonds is 5. The third-order valence-electron chi connectivity index (χ3n) is 6.76. The largest absolute Gasteiger partial charge is 0.357 e. The molecule has 5 rings (SSSR count). The Bertz CT molecular complexity index is 1110. The Morgan fingerprint density at radius 2 is 2.00 bits per heavy atom. The lowest BCUT2D eigenvalue weighted by Crippen LogP contribution is -2.27. The fourth-order valence-electron chi connectivity index (χ4n) is 4.84. The summed E-state index contributed by atoms with van der Waals surface area (Å²) >= 11 is 0. The number of fused-ring (bicyclic) bond motifs is 1. The highest BCUT2D eigenvalue weighted by Crippen LogP contribution is 2.31. The van der Waals surface area contributed by atoms with E-state index in [0.29, 0.717) is 12.1 Å². The number of H-pyrrole nitrogens is 1. The van der Waals surface area contributed by atoms with E-state index in [1.165, 1.54) is 31.2 Å². The van der Waals surface area contributed by atoms with Crippen molar-refractivity contribution in [2.45, 2.75) is 65.0 Å². The van der Waals surface area contributed by atoms with Crippen LogP contribution >= 0.6 is 0 Å². The molecule has 0 aromatic carbocycles. The summed E-state index contributed by atoms with van der Waals surface area (Å²) in [6, 6.07) is 4.22. The first kappa shape index (κ1) is 20.7. The van der Waals surface area contributed by atoms with Gasteiger partial charge in [-0.3, -0.25) is 14.6 Å². The van der Waals surface area contributed by atoms with Gasteiger partial charge in [0.25, 0.3) is 5.91 Å². The Hall–Kier alpha value is -3.16. The maximum atomic E-state index is 12.8. The van der Waals surface area contributed by atoms with E-state index in [1.54, 1.807) is 6.20 Å². The molecule has 1 aliphatic heterocycles. The van der Waals surface area contributed by atoms with Crippen molar-refractivity contribution in [3.8, 4) is 0 Å². The Kier molecular flexibility index (Phi) is 5.68. The Balaban J connectivity index is 1.23. The van der Waals surface area contributed by atoms with Crippen molar-refractivity contribution in [2.75, 3.05) is 18.0 Å². The van der Waals surface area contributed by atoms with Crippen LogP contribution in [0.1, 0.15) is 76.7 Å². The van der Waals surface area contributed by atoms with Gasteiger partial charge in [-0.25, -0.2) is 4.98 Å². The van der Waals surface area contributed by atoms with Crippen molar-refractivity contribution in [3.05, 3.63) is 58.3 Å². The van der Waals surface area contributed by atoms with Gasteiger partial charge in [-0.2, -0.15) is 10.2 Å². The molecule has 0 radical (unpaired) electrons. The molecule has 1 atom stereocenters. The summed E-state index contributed by atoms with van der Waals surface area (Å²) in [4.78, 5) is 20.0.